The van der Waals surface area contributed by atoms with Crippen LogP contribution in [0.2, 0.25) is 0 Å². The predicted molar refractivity (Wildman–Crippen MR) is 74.4 cm³/mol. The second-order valence-electron chi connectivity index (χ2n) is 4.55. The Morgan fingerprint density at radius 3 is 2.38 bits per heavy atom. The Balaban J connectivity index is 2.88. The van der Waals surface area contributed by atoms with Crippen molar-refractivity contribution in [1.29, 1.82) is 10.5 Å². The molecule has 0 aliphatic rings. The molecule has 1 unspecified atom stereocenters. The summed E-state index contributed by atoms with van der Waals surface area (Å²) in [6.45, 7) is 3.04. The van der Waals surface area contributed by atoms with E-state index in [1.165, 1.54) is 25.1 Å². The fraction of sp³-hybridized carbons (Fsp3) is 0.286. The number of carboxylic acids is 1. The molecule has 0 heterocycles. The number of hydrogen-bond donors (Lipinski definition) is 3. The van der Waals surface area contributed by atoms with Crippen LogP contribution in [0.25, 0.3) is 0 Å². The first-order chi connectivity index (χ1) is 9.86. The summed E-state index contributed by atoms with van der Waals surface area (Å²) in [7, 11) is 0. The first-order valence-corrected chi connectivity index (χ1v) is 6.13. The topological polar surface area (TPSA) is 126 Å². The zero-order chi connectivity index (χ0) is 16.0. The van der Waals surface area contributed by atoms with Crippen molar-refractivity contribution in [2.24, 2.45) is 0 Å². The summed E-state index contributed by atoms with van der Waals surface area (Å²) < 4.78 is 0. The third-order valence-corrected chi connectivity index (χ3v) is 3.09. The SMILES string of the molecule is CCC(C)(NC(=O)Nc1ccc(C#N)c(C#N)c1)C(=O)O. The average molecular weight is 286 g/mol. The minimum Gasteiger partial charge on any atom is -0.480 e. The highest BCUT2D eigenvalue weighted by atomic mass is 16.4. The van der Waals surface area contributed by atoms with Crippen molar-refractivity contribution in [2.75, 3.05) is 5.32 Å². The van der Waals surface area contributed by atoms with Crippen LogP contribution >= 0.6 is 0 Å². The van der Waals surface area contributed by atoms with Gasteiger partial charge in [-0.05, 0) is 31.5 Å². The van der Waals surface area contributed by atoms with Crippen LogP contribution in [-0.2, 0) is 4.79 Å². The monoisotopic (exact) mass is 286 g/mol. The largest absolute Gasteiger partial charge is 0.480 e. The van der Waals surface area contributed by atoms with Gasteiger partial charge in [0.25, 0.3) is 0 Å². The van der Waals surface area contributed by atoms with Crippen molar-refractivity contribution in [3.63, 3.8) is 0 Å². The van der Waals surface area contributed by atoms with Crippen LogP contribution in [0, 0.1) is 22.7 Å². The molecule has 108 valence electrons. The van der Waals surface area contributed by atoms with Crippen molar-refractivity contribution >= 4 is 17.7 Å². The number of anilines is 1. The quantitative estimate of drug-likeness (QED) is 0.778. The van der Waals surface area contributed by atoms with Gasteiger partial charge in [-0.2, -0.15) is 10.5 Å². The standard InChI is InChI=1S/C14H14N4O3/c1-3-14(2,12(19)20)18-13(21)17-11-5-4-9(7-15)10(6-11)8-16/h4-6H,3H2,1-2H3,(H,19,20)(H2,17,18,21). The van der Waals surface area contributed by atoms with E-state index in [2.05, 4.69) is 10.6 Å². The molecule has 0 fully saturated rings. The van der Waals surface area contributed by atoms with E-state index in [0.717, 1.165) is 0 Å². The van der Waals surface area contributed by atoms with Crippen LogP contribution in [-0.4, -0.2) is 22.6 Å². The van der Waals surface area contributed by atoms with E-state index in [0.29, 0.717) is 5.69 Å². The van der Waals surface area contributed by atoms with Crippen LogP contribution in [0.5, 0.6) is 0 Å². The lowest BCUT2D eigenvalue weighted by Gasteiger charge is -2.24. The molecule has 1 rings (SSSR count). The Morgan fingerprint density at radius 2 is 1.90 bits per heavy atom. The maximum Gasteiger partial charge on any atom is 0.329 e. The maximum atomic E-state index is 11.8. The second-order valence-corrected chi connectivity index (χ2v) is 4.55. The number of nitriles is 2. The molecule has 1 aromatic rings. The van der Waals surface area contributed by atoms with Crippen molar-refractivity contribution in [3.8, 4) is 12.1 Å². The van der Waals surface area contributed by atoms with Gasteiger partial charge in [-0.25, -0.2) is 9.59 Å². The number of aliphatic carboxylic acids is 1. The molecule has 7 nitrogen and oxygen atoms in total. The van der Waals surface area contributed by atoms with Crippen molar-refractivity contribution in [1.82, 2.24) is 5.32 Å². The molecule has 0 saturated carbocycles. The summed E-state index contributed by atoms with van der Waals surface area (Å²) in [4.78, 5) is 22.9. The van der Waals surface area contributed by atoms with E-state index < -0.39 is 17.5 Å². The zero-order valence-corrected chi connectivity index (χ0v) is 11.6. The van der Waals surface area contributed by atoms with Gasteiger partial charge >= 0.3 is 12.0 Å². The Labute approximate surface area is 121 Å². The molecule has 21 heavy (non-hydrogen) atoms. The molecule has 0 aliphatic heterocycles. The highest BCUT2D eigenvalue weighted by Crippen LogP contribution is 2.15. The van der Waals surface area contributed by atoms with E-state index in [4.69, 9.17) is 15.6 Å². The molecule has 0 bridgehead atoms. The molecule has 0 aromatic heterocycles. The number of benzene rings is 1. The second kappa shape index (κ2) is 6.40. The van der Waals surface area contributed by atoms with Gasteiger partial charge in [0.1, 0.15) is 17.7 Å². The lowest BCUT2D eigenvalue weighted by Crippen LogP contribution is -2.53. The van der Waals surface area contributed by atoms with Gasteiger partial charge in [0.2, 0.25) is 0 Å². The minimum absolute atomic E-state index is 0.131. The smallest absolute Gasteiger partial charge is 0.329 e. The molecule has 1 atom stereocenters. The van der Waals surface area contributed by atoms with Crippen LogP contribution in [0.4, 0.5) is 10.5 Å². The predicted octanol–water partition coefficient (Wildman–Crippen LogP) is 1.80. The van der Waals surface area contributed by atoms with Gasteiger partial charge in [-0.15, -0.1) is 0 Å². The van der Waals surface area contributed by atoms with Crippen molar-refractivity contribution in [2.45, 2.75) is 25.8 Å². The summed E-state index contributed by atoms with van der Waals surface area (Å²) in [5.41, 5.74) is -0.750. The van der Waals surface area contributed by atoms with Crippen LogP contribution in [0.1, 0.15) is 31.4 Å². The lowest BCUT2D eigenvalue weighted by molar-refractivity contribution is -0.143. The van der Waals surface area contributed by atoms with Gasteiger partial charge in [0.15, 0.2) is 0 Å². The van der Waals surface area contributed by atoms with Gasteiger partial charge in [0.05, 0.1) is 11.1 Å². The number of carbonyl (C=O) groups excluding carboxylic acids is 1. The lowest BCUT2D eigenvalue weighted by atomic mass is 10.00. The van der Waals surface area contributed by atoms with E-state index in [-0.39, 0.29) is 17.5 Å². The Bertz CT molecular complexity index is 657. The molecular weight excluding hydrogens is 272 g/mol. The normalized spacial score (nSPS) is 12.4. The molecule has 0 saturated heterocycles. The molecule has 0 spiro atoms. The van der Waals surface area contributed by atoms with Crippen LogP contribution in [0.15, 0.2) is 18.2 Å². The van der Waals surface area contributed by atoms with E-state index >= 15 is 0 Å². The van der Waals surface area contributed by atoms with Crippen LogP contribution in [0.3, 0.4) is 0 Å². The number of urea groups is 1. The number of nitrogens with zero attached hydrogens (tertiary/aromatic N) is 2. The fourth-order valence-electron chi connectivity index (χ4n) is 1.52. The van der Waals surface area contributed by atoms with Crippen LogP contribution < -0.4 is 10.6 Å². The Kier molecular flexibility index (Phi) is 4.87. The molecule has 3 N–H and O–H groups in total. The Morgan fingerprint density at radius 1 is 1.29 bits per heavy atom. The average Bonchev–Trinajstić information content (AvgIpc) is 2.46. The van der Waals surface area contributed by atoms with Gasteiger partial charge < -0.3 is 15.7 Å². The Hall–Kier alpha value is -3.06. The van der Waals surface area contributed by atoms with Gasteiger partial charge in [-0.1, -0.05) is 6.92 Å². The maximum absolute atomic E-state index is 11.8. The summed E-state index contributed by atoms with van der Waals surface area (Å²) in [6, 6.07) is 7.23. The van der Waals surface area contributed by atoms with E-state index in [1.807, 2.05) is 12.1 Å². The third-order valence-electron chi connectivity index (χ3n) is 3.09. The fourth-order valence-corrected chi connectivity index (χ4v) is 1.52. The molecule has 7 heteroatoms. The highest BCUT2D eigenvalue weighted by Gasteiger charge is 2.32. The first-order valence-electron chi connectivity index (χ1n) is 6.13. The van der Waals surface area contributed by atoms with Gasteiger partial charge in [-0.3, -0.25) is 0 Å². The molecule has 0 aliphatic carbocycles. The number of hydrogen-bond acceptors (Lipinski definition) is 4. The summed E-state index contributed by atoms with van der Waals surface area (Å²) >= 11 is 0. The summed E-state index contributed by atoms with van der Waals surface area (Å²) in [5.74, 6) is -1.14. The van der Waals surface area contributed by atoms with Gasteiger partial charge in [0, 0.05) is 5.69 Å². The number of carboxylic acid groups (broad SMARTS) is 1. The summed E-state index contributed by atoms with van der Waals surface area (Å²) in [5, 5.41) is 31.6. The molecule has 0 radical (unpaired) electrons. The van der Waals surface area contributed by atoms with E-state index in [9.17, 15) is 9.59 Å². The summed E-state index contributed by atoms with van der Waals surface area (Å²) in [6.07, 6.45) is 0.215. The van der Waals surface area contributed by atoms with E-state index in [1.54, 1.807) is 6.92 Å². The highest BCUT2D eigenvalue weighted by molar-refractivity contribution is 5.93. The number of amides is 2. The number of nitrogens with one attached hydrogen (secondary N) is 2. The number of rotatable bonds is 4. The zero-order valence-electron chi connectivity index (χ0n) is 11.6. The third kappa shape index (κ3) is 3.71. The van der Waals surface area contributed by atoms with Crippen molar-refractivity contribution < 1.29 is 14.7 Å². The molecule has 1 aromatic carbocycles. The van der Waals surface area contributed by atoms with Crippen molar-refractivity contribution in [3.05, 3.63) is 29.3 Å². The number of carbonyl (C=O) groups is 2. The minimum atomic E-state index is -1.38. The molecule has 2 amide bonds. The molecular formula is C14H14N4O3. The first kappa shape index (κ1) is 16.0.